The van der Waals surface area contributed by atoms with E-state index in [1.54, 1.807) is 24.8 Å². The Bertz CT molecular complexity index is 894. The number of carbonyl (C=O) groups is 1. The molecule has 0 fully saturated rings. The number of amides is 1. The van der Waals surface area contributed by atoms with E-state index in [4.69, 9.17) is 4.42 Å². The molecule has 0 bridgehead atoms. The molecule has 4 rings (SSSR count). The maximum absolute atomic E-state index is 12.4. The van der Waals surface area contributed by atoms with E-state index >= 15 is 0 Å². The number of hydrogen-bond donors (Lipinski definition) is 1. The molecule has 0 saturated carbocycles. The largest absolute Gasteiger partial charge is 0.472 e. The van der Waals surface area contributed by atoms with E-state index in [2.05, 4.69) is 29.0 Å². The molecule has 0 aromatic carbocycles. The summed E-state index contributed by atoms with van der Waals surface area (Å²) in [5, 5.41) is 3.20. The predicted octanol–water partition coefficient (Wildman–Crippen LogP) is 3.88. The number of carbonyl (C=O) groups excluding carboxylic acids is 1. The smallest absolute Gasteiger partial charge is 0.246 e. The first-order chi connectivity index (χ1) is 12.7. The van der Waals surface area contributed by atoms with Gasteiger partial charge in [0.25, 0.3) is 0 Å². The highest BCUT2D eigenvalue weighted by molar-refractivity contribution is 5.92. The summed E-state index contributed by atoms with van der Waals surface area (Å²) in [5.41, 5.74) is 5.44. The van der Waals surface area contributed by atoms with Gasteiger partial charge in [0.2, 0.25) is 5.91 Å². The lowest BCUT2D eigenvalue weighted by Gasteiger charge is -2.25. The summed E-state index contributed by atoms with van der Waals surface area (Å²) in [6.45, 7) is 5.28. The zero-order valence-electron chi connectivity index (χ0n) is 14.6. The summed E-state index contributed by atoms with van der Waals surface area (Å²) in [6.07, 6.45) is 13.5. The van der Waals surface area contributed by atoms with Crippen molar-refractivity contribution in [2.24, 2.45) is 0 Å². The maximum Gasteiger partial charge on any atom is 0.246 e. The van der Waals surface area contributed by atoms with E-state index in [-0.39, 0.29) is 5.91 Å². The van der Waals surface area contributed by atoms with Crippen molar-refractivity contribution in [2.75, 3.05) is 18.4 Å². The molecule has 0 spiro atoms. The van der Waals surface area contributed by atoms with Crippen molar-refractivity contribution in [2.45, 2.75) is 19.3 Å². The second kappa shape index (κ2) is 7.04. The minimum absolute atomic E-state index is 0.0247. The van der Waals surface area contributed by atoms with Gasteiger partial charge >= 0.3 is 0 Å². The number of nitrogens with one attached hydrogen (secondary N) is 1. The third-order valence-electron chi connectivity index (χ3n) is 4.81. The Hall–Kier alpha value is -3.08. The van der Waals surface area contributed by atoms with Crippen LogP contribution in [0.3, 0.4) is 0 Å². The topological polar surface area (TPSA) is 58.4 Å². The molecule has 0 radical (unpaired) electrons. The van der Waals surface area contributed by atoms with Crippen LogP contribution in [-0.4, -0.2) is 28.9 Å². The van der Waals surface area contributed by atoms with Gasteiger partial charge in [-0.3, -0.25) is 4.79 Å². The number of hydrogen-bond acceptors (Lipinski definition) is 4. The molecule has 2 aromatic rings. The third-order valence-corrected chi connectivity index (χ3v) is 4.81. The molecule has 2 aromatic heterocycles. The molecule has 0 aliphatic carbocycles. The first kappa shape index (κ1) is 16.4. The zero-order chi connectivity index (χ0) is 17.9. The average molecular weight is 347 g/mol. The number of aromatic nitrogens is 1. The first-order valence-electron chi connectivity index (χ1n) is 8.81. The molecule has 0 atom stereocenters. The van der Waals surface area contributed by atoms with E-state index in [9.17, 15) is 4.79 Å². The molecule has 132 valence electrons. The summed E-state index contributed by atoms with van der Waals surface area (Å²) < 4.78 is 5.13. The Labute approximate surface area is 152 Å². The van der Waals surface area contributed by atoms with Gasteiger partial charge in [-0.25, -0.2) is 4.98 Å². The standard InChI is InChI=1S/C21H21N3O2/c1-15-2-4-18-12-16(13-22-21(18)23-15)3-5-20(25)24-9-6-17(7-10-24)19-8-11-26-14-19/h3,5-6,8,11-14H,1-2,4,7,9-10H2,(H,22,23)/b5-3+. The van der Waals surface area contributed by atoms with Crippen LogP contribution in [0.25, 0.3) is 11.6 Å². The van der Waals surface area contributed by atoms with Crippen LogP contribution in [0.1, 0.15) is 29.5 Å². The van der Waals surface area contributed by atoms with E-state index in [1.807, 2.05) is 17.0 Å². The quantitative estimate of drug-likeness (QED) is 0.856. The Morgan fingerprint density at radius 2 is 2.27 bits per heavy atom. The van der Waals surface area contributed by atoms with Gasteiger partial charge < -0.3 is 14.6 Å². The molecule has 2 aliphatic rings. The SMILES string of the molecule is C=C1CCc2cc(/C=C/C(=O)N3CC=C(c4ccoc4)CC3)cnc2N1. The Morgan fingerprint density at radius 3 is 3.04 bits per heavy atom. The van der Waals surface area contributed by atoms with Gasteiger partial charge in [0, 0.05) is 36.6 Å². The third kappa shape index (κ3) is 3.47. The Balaban J connectivity index is 1.40. The summed E-state index contributed by atoms with van der Waals surface area (Å²) in [7, 11) is 0. The van der Waals surface area contributed by atoms with Crippen LogP contribution < -0.4 is 5.32 Å². The molecule has 2 aliphatic heterocycles. The van der Waals surface area contributed by atoms with Gasteiger partial charge in [-0.05, 0) is 54.2 Å². The fourth-order valence-electron chi connectivity index (χ4n) is 3.29. The van der Waals surface area contributed by atoms with Crippen LogP contribution in [0.4, 0.5) is 5.82 Å². The Kier molecular flexibility index (Phi) is 4.44. The van der Waals surface area contributed by atoms with E-state index < -0.39 is 0 Å². The minimum atomic E-state index is 0.0247. The van der Waals surface area contributed by atoms with Crippen LogP contribution in [-0.2, 0) is 11.2 Å². The Morgan fingerprint density at radius 1 is 1.35 bits per heavy atom. The van der Waals surface area contributed by atoms with Crippen LogP contribution in [0, 0.1) is 0 Å². The number of anilines is 1. The first-order valence-corrected chi connectivity index (χ1v) is 8.81. The lowest BCUT2D eigenvalue weighted by Crippen LogP contribution is -2.33. The van der Waals surface area contributed by atoms with Gasteiger partial charge in [0.15, 0.2) is 0 Å². The molecular formula is C21H21N3O2. The van der Waals surface area contributed by atoms with Crippen molar-refractivity contribution < 1.29 is 9.21 Å². The summed E-state index contributed by atoms with van der Waals surface area (Å²) in [5.74, 6) is 0.898. The maximum atomic E-state index is 12.4. The van der Waals surface area contributed by atoms with E-state index in [1.165, 1.54) is 5.57 Å². The molecule has 1 N–H and O–H groups in total. The highest BCUT2D eigenvalue weighted by Gasteiger charge is 2.17. The van der Waals surface area contributed by atoms with Gasteiger partial charge in [-0.15, -0.1) is 0 Å². The lowest BCUT2D eigenvalue weighted by molar-refractivity contribution is -0.125. The van der Waals surface area contributed by atoms with Crippen LogP contribution in [0.15, 0.2) is 59.7 Å². The fraction of sp³-hybridized carbons (Fsp3) is 0.238. The number of fused-ring (bicyclic) bond motifs is 1. The van der Waals surface area contributed by atoms with Crippen molar-refractivity contribution in [1.29, 1.82) is 0 Å². The minimum Gasteiger partial charge on any atom is -0.472 e. The number of aryl methyl sites for hydroxylation is 1. The van der Waals surface area contributed by atoms with Crippen molar-refractivity contribution in [3.8, 4) is 0 Å². The highest BCUT2D eigenvalue weighted by atomic mass is 16.3. The van der Waals surface area contributed by atoms with Crippen LogP contribution in [0.2, 0.25) is 0 Å². The zero-order valence-corrected chi connectivity index (χ0v) is 14.6. The highest BCUT2D eigenvalue weighted by Crippen LogP contribution is 2.25. The molecule has 0 unspecified atom stereocenters. The van der Waals surface area contributed by atoms with Crippen molar-refractivity contribution >= 4 is 23.4 Å². The number of nitrogens with zero attached hydrogens (tertiary/aromatic N) is 2. The lowest BCUT2D eigenvalue weighted by atomic mass is 10.0. The summed E-state index contributed by atoms with van der Waals surface area (Å²) in [6, 6.07) is 4.04. The van der Waals surface area contributed by atoms with Gasteiger partial charge in [0.05, 0.1) is 12.5 Å². The number of allylic oxidation sites excluding steroid dienone is 1. The van der Waals surface area contributed by atoms with Gasteiger partial charge in [-0.2, -0.15) is 0 Å². The molecule has 26 heavy (non-hydrogen) atoms. The summed E-state index contributed by atoms with van der Waals surface area (Å²) in [4.78, 5) is 18.7. The van der Waals surface area contributed by atoms with Gasteiger partial charge in [-0.1, -0.05) is 12.7 Å². The summed E-state index contributed by atoms with van der Waals surface area (Å²) >= 11 is 0. The molecule has 1 amide bonds. The molecular weight excluding hydrogens is 326 g/mol. The molecule has 0 saturated heterocycles. The van der Waals surface area contributed by atoms with Crippen molar-refractivity contribution in [1.82, 2.24) is 9.88 Å². The average Bonchev–Trinajstić information content (AvgIpc) is 3.21. The van der Waals surface area contributed by atoms with Crippen LogP contribution >= 0.6 is 0 Å². The monoisotopic (exact) mass is 347 g/mol. The molecule has 5 nitrogen and oxygen atoms in total. The van der Waals surface area contributed by atoms with E-state index in [0.717, 1.165) is 47.5 Å². The molecule has 4 heterocycles. The predicted molar refractivity (Wildman–Crippen MR) is 102 cm³/mol. The molecule has 5 heteroatoms. The normalized spacial score (nSPS) is 17.0. The van der Waals surface area contributed by atoms with Crippen molar-refractivity contribution in [3.05, 3.63) is 72.0 Å². The number of pyridine rings is 1. The van der Waals surface area contributed by atoms with E-state index in [0.29, 0.717) is 13.1 Å². The second-order valence-electron chi connectivity index (χ2n) is 6.61. The fourth-order valence-corrected chi connectivity index (χ4v) is 3.29. The number of rotatable bonds is 3. The van der Waals surface area contributed by atoms with Crippen LogP contribution in [0.5, 0.6) is 0 Å². The number of furan rings is 1. The van der Waals surface area contributed by atoms with Gasteiger partial charge in [0.1, 0.15) is 5.82 Å². The second-order valence-corrected chi connectivity index (χ2v) is 6.61. The van der Waals surface area contributed by atoms with Crippen molar-refractivity contribution in [3.63, 3.8) is 0 Å².